The molecule has 38 heavy (non-hydrogen) atoms. The number of aliphatic hydroxyl groups is 1. The van der Waals surface area contributed by atoms with E-state index < -0.39 is 23.7 Å². The minimum Gasteiger partial charge on any atom is -0.507 e. The number of aryl methyl sites for hydroxylation is 1. The molecule has 1 aromatic heterocycles. The highest BCUT2D eigenvalue weighted by Crippen LogP contribution is 2.45. The lowest BCUT2D eigenvalue weighted by Gasteiger charge is -2.23. The Morgan fingerprint density at radius 2 is 1.92 bits per heavy atom. The number of carbonyl (C=O) groups is 3. The van der Waals surface area contributed by atoms with Crippen LogP contribution in [-0.2, 0) is 14.3 Å². The van der Waals surface area contributed by atoms with Gasteiger partial charge in [-0.25, -0.2) is 9.78 Å². The summed E-state index contributed by atoms with van der Waals surface area (Å²) in [4.78, 5) is 44.7. The highest BCUT2D eigenvalue weighted by atomic mass is 35.5. The zero-order valence-corrected chi connectivity index (χ0v) is 23.1. The van der Waals surface area contributed by atoms with Gasteiger partial charge in [0.25, 0.3) is 5.78 Å². The van der Waals surface area contributed by atoms with Gasteiger partial charge in [0.1, 0.15) is 16.4 Å². The molecule has 0 saturated carbocycles. The van der Waals surface area contributed by atoms with Crippen molar-refractivity contribution in [2.45, 2.75) is 32.7 Å². The highest BCUT2D eigenvalue weighted by molar-refractivity contribution is 7.17. The maximum absolute atomic E-state index is 13.4. The minimum atomic E-state index is -1.09. The number of anilines is 1. The van der Waals surface area contributed by atoms with Crippen LogP contribution in [0.25, 0.3) is 5.76 Å². The van der Waals surface area contributed by atoms with Crippen LogP contribution in [0, 0.1) is 6.92 Å². The van der Waals surface area contributed by atoms with E-state index in [4.69, 9.17) is 32.7 Å². The van der Waals surface area contributed by atoms with Gasteiger partial charge in [-0.1, -0.05) is 66.1 Å². The van der Waals surface area contributed by atoms with Crippen LogP contribution >= 0.6 is 34.5 Å². The van der Waals surface area contributed by atoms with Crippen molar-refractivity contribution in [3.63, 3.8) is 0 Å². The van der Waals surface area contributed by atoms with Gasteiger partial charge in [0.05, 0.1) is 41.1 Å². The Morgan fingerprint density at radius 3 is 2.61 bits per heavy atom. The predicted octanol–water partition coefficient (Wildman–Crippen LogP) is 6.35. The first-order chi connectivity index (χ1) is 18.2. The second-order valence-corrected chi connectivity index (χ2v) is 10.3. The molecule has 1 atom stereocenters. The Hall–Kier alpha value is -3.40. The SMILES string of the molecule is CCCCOc1cccc(C(O)=C2C(=O)C(=O)N(c3nc(C)c(C(=O)OC)s3)C2c2ccc(Cl)c(Cl)c2)c1. The average molecular weight is 575 g/mol. The number of aromatic nitrogens is 1. The first kappa shape index (κ1) is 27.6. The molecule has 3 aromatic rings. The van der Waals surface area contributed by atoms with Crippen molar-refractivity contribution in [1.29, 1.82) is 0 Å². The molecule has 0 radical (unpaired) electrons. The van der Waals surface area contributed by atoms with Crippen molar-refractivity contribution < 1.29 is 29.0 Å². The van der Waals surface area contributed by atoms with E-state index in [1.807, 2.05) is 6.92 Å². The number of methoxy groups -OCH3 is 1. The third-order valence-electron chi connectivity index (χ3n) is 5.94. The number of Topliss-reactive ketones (excluding diaryl/α,β-unsaturated/α-hetero) is 1. The van der Waals surface area contributed by atoms with Gasteiger partial charge >= 0.3 is 11.9 Å². The number of thiazole rings is 1. The summed E-state index contributed by atoms with van der Waals surface area (Å²) in [5, 5.41) is 12.0. The lowest BCUT2D eigenvalue weighted by atomic mass is 9.95. The van der Waals surface area contributed by atoms with Crippen molar-refractivity contribution in [3.8, 4) is 5.75 Å². The summed E-state index contributed by atoms with van der Waals surface area (Å²) >= 11 is 13.3. The summed E-state index contributed by atoms with van der Waals surface area (Å²) in [5.74, 6) is -2.31. The van der Waals surface area contributed by atoms with Gasteiger partial charge in [0.2, 0.25) is 0 Å². The molecular weight excluding hydrogens is 551 g/mol. The van der Waals surface area contributed by atoms with Gasteiger partial charge < -0.3 is 14.6 Å². The van der Waals surface area contributed by atoms with Crippen LogP contribution in [0.4, 0.5) is 5.13 Å². The van der Waals surface area contributed by atoms with Crippen molar-refractivity contribution in [2.24, 2.45) is 0 Å². The predicted molar refractivity (Wildman–Crippen MR) is 146 cm³/mol. The number of hydrogen-bond donors (Lipinski definition) is 1. The molecule has 0 bridgehead atoms. The Morgan fingerprint density at radius 1 is 1.16 bits per heavy atom. The number of rotatable bonds is 8. The summed E-state index contributed by atoms with van der Waals surface area (Å²) in [7, 11) is 1.24. The van der Waals surface area contributed by atoms with E-state index in [2.05, 4.69) is 4.98 Å². The van der Waals surface area contributed by atoms with Crippen LogP contribution < -0.4 is 9.64 Å². The average Bonchev–Trinajstić information content (AvgIpc) is 3.41. The topological polar surface area (TPSA) is 106 Å². The second-order valence-electron chi connectivity index (χ2n) is 8.48. The van der Waals surface area contributed by atoms with E-state index in [1.54, 1.807) is 37.3 Å². The zero-order valence-electron chi connectivity index (χ0n) is 20.8. The zero-order chi connectivity index (χ0) is 27.6. The lowest BCUT2D eigenvalue weighted by molar-refractivity contribution is -0.132. The lowest BCUT2D eigenvalue weighted by Crippen LogP contribution is -2.29. The number of benzene rings is 2. The molecule has 4 rings (SSSR count). The van der Waals surface area contributed by atoms with E-state index in [0.717, 1.165) is 29.1 Å². The normalized spacial score (nSPS) is 16.7. The van der Waals surface area contributed by atoms with Gasteiger partial charge in [-0.05, 0) is 43.2 Å². The van der Waals surface area contributed by atoms with Crippen molar-refractivity contribution in [3.05, 3.63) is 79.8 Å². The number of ketones is 1. The van der Waals surface area contributed by atoms with Gasteiger partial charge in [-0.15, -0.1) is 0 Å². The number of amides is 1. The van der Waals surface area contributed by atoms with Crippen LogP contribution in [-0.4, -0.2) is 41.5 Å². The third kappa shape index (κ3) is 5.27. The maximum atomic E-state index is 13.4. The number of ether oxygens (including phenoxy) is 2. The maximum Gasteiger partial charge on any atom is 0.350 e. The fourth-order valence-electron chi connectivity index (χ4n) is 4.02. The molecule has 198 valence electrons. The molecule has 1 fully saturated rings. The first-order valence-corrected chi connectivity index (χ1v) is 13.3. The van der Waals surface area contributed by atoms with Crippen LogP contribution in [0.2, 0.25) is 10.0 Å². The number of esters is 1. The summed E-state index contributed by atoms with van der Waals surface area (Å²) in [6, 6.07) is 10.2. The molecule has 0 aliphatic carbocycles. The molecular formula is C27H24Cl2N2O6S. The van der Waals surface area contributed by atoms with Gasteiger partial charge in [-0.3, -0.25) is 14.5 Å². The van der Waals surface area contributed by atoms with Gasteiger partial charge in [0, 0.05) is 5.56 Å². The number of halogens is 2. The number of aliphatic hydroxyl groups excluding tert-OH is 1. The van der Waals surface area contributed by atoms with Crippen molar-refractivity contribution in [2.75, 3.05) is 18.6 Å². The highest BCUT2D eigenvalue weighted by Gasteiger charge is 2.48. The number of unbranched alkanes of at least 4 members (excludes halogenated alkanes) is 1. The second kappa shape index (κ2) is 11.6. The Labute approximate surface area is 233 Å². The van der Waals surface area contributed by atoms with Gasteiger partial charge in [-0.2, -0.15) is 0 Å². The molecule has 1 saturated heterocycles. The molecule has 1 N–H and O–H groups in total. The van der Waals surface area contributed by atoms with E-state index >= 15 is 0 Å². The fourth-order valence-corrected chi connectivity index (χ4v) is 5.34. The Kier molecular flexibility index (Phi) is 8.40. The monoisotopic (exact) mass is 574 g/mol. The molecule has 2 aromatic carbocycles. The molecule has 0 spiro atoms. The molecule has 1 aliphatic heterocycles. The number of hydrogen-bond acceptors (Lipinski definition) is 8. The molecule has 1 unspecified atom stereocenters. The van der Waals surface area contributed by atoms with Crippen molar-refractivity contribution >= 4 is 63.1 Å². The standard InChI is InChI=1S/C27H24Cl2N2O6S/c1-4-5-11-37-17-8-6-7-16(12-17)22(32)20-21(15-9-10-18(28)19(29)13-15)31(25(34)23(20)33)27-30-14(2)24(38-27)26(35)36-3/h6-10,12-13,21,32H,4-5,11H2,1-3H3. The van der Waals surface area contributed by atoms with E-state index in [0.29, 0.717) is 29.2 Å². The van der Waals surface area contributed by atoms with Crippen LogP contribution in [0.3, 0.4) is 0 Å². The summed E-state index contributed by atoms with van der Waals surface area (Å²) in [6.07, 6.45) is 1.82. The number of carbonyl (C=O) groups excluding carboxylic acids is 3. The molecule has 8 nitrogen and oxygen atoms in total. The van der Waals surface area contributed by atoms with Gasteiger partial charge in [0.15, 0.2) is 5.13 Å². The van der Waals surface area contributed by atoms with Crippen LogP contribution in [0.5, 0.6) is 5.75 Å². The summed E-state index contributed by atoms with van der Waals surface area (Å²) < 4.78 is 10.6. The Bertz CT molecular complexity index is 1450. The van der Waals surface area contributed by atoms with Crippen LogP contribution in [0.15, 0.2) is 48.0 Å². The van der Waals surface area contributed by atoms with E-state index in [-0.39, 0.29) is 31.4 Å². The first-order valence-electron chi connectivity index (χ1n) is 11.7. The van der Waals surface area contributed by atoms with Crippen LogP contribution in [0.1, 0.15) is 52.3 Å². The number of nitrogens with zero attached hydrogens (tertiary/aromatic N) is 2. The van der Waals surface area contributed by atoms with E-state index in [9.17, 15) is 19.5 Å². The fraction of sp³-hybridized carbons (Fsp3) is 0.259. The smallest absolute Gasteiger partial charge is 0.350 e. The summed E-state index contributed by atoms with van der Waals surface area (Å²) in [5.41, 5.74) is 0.894. The molecule has 1 amide bonds. The minimum absolute atomic E-state index is 0.0942. The summed E-state index contributed by atoms with van der Waals surface area (Å²) in [6.45, 7) is 4.15. The molecule has 2 heterocycles. The quantitative estimate of drug-likeness (QED) is 0.110. The molecule has 11 heteroatoms. The van der Waals surface area contributed by atoms with Crippen molar-refractivity contribution in [1.82, 2.24) is 4.98 Å². The molecule has 1 aliphatic rings. The van der Waals surface area contributed by atoms with E-state index in [1.165, 1.54) is 19.2 Å². The Balaban J connectivity index is 1.88. The largest absolute Gasteiger partial charge is 0.507 e. The third-order valence-corrected chi connectivity index (χ3v) is 7.82.